The predicted molar refractivity (Wildman–Crippen MR) is 81.4 cm³/mol. The third-order valence-electron chi connectivity index (χ3n) is 2.72. The molecule has 2 aromatic rings. The Morgan fingerprint density at radius 2 is 2.15 bits per heavy atom. The van der Waals surface area contributed by atoms with E-state index in [4.69, 9.17) is 17.3 Å². The molecule has 2 rings (SSSR count). The zero-order valence-electron chi connectivity index (χ0n) is 11.0. The molecule has 0 amide bonds. The summed E-state index contributed by atoms with van der Waals surface area (Å²) >= 11 is 7.32. The molecule has 0 unspecified atom stereocenters. The summed E-state index contributed by atoms with van der Waals surface area (Å²) in [4.78, 5) is 4.27. The molecule has 1 aromatic heterocycles. The van der Waals surface area contributed by atoms with Gasteiger partial charge in [0.25, 0.3) is 0 Å². The molecule has 8 heteroatoms. The number of thiazole rings is 1. The van der Waals surface area contributed by atoms with Crippen LogP contribution in [0.3, 0.4) is 0 Å². The lowest BCUT2D eigenvalue weighted by atomic mass is 10.3. The van der Waals surface area contributed by atoms with Crippen molar-refractivity contribution in [1.29, 1.82) is 0 Å². The minimum Gasteiger partial charge on any atom is -0.398 e. The number of benzene rings is 1. The Labute approximate surface area is 127 Å². The van der Waals surface area contributed by atoms with Gasteiger partial charge in [-0.1, -0.05) is 11.6 Å². The summed E-state index contributed by atoms with van der Waals surface area (Å²) in [5.41, 5.74) is 6.62. The van der Waals surface area contributed by atoms with Gasteiger partial charge in [0, 0.05) is 17.5 Å². The highest BCUT2D eigenvalue weighted by Crippen LogP contribution is 2.26. The number of hydrogen-bond acceptors (Lipinski definition) is 5. The average molecular weight is 332 g/mol. The van der Waals surface area contributed by atoms with Crippen LogP contribution in [0.1, 0.15) is 10.7 Å². The maximum absolute atomic E-state index is 12.5. The molecule has 0 aliphatic carbocycles. The van der Waals surface area contributed by atoms with E-state index in [1.165, 1.54) is 34.8 Å². The third-order valence-corrected chi connectivity index (χ3v) is 5.63. The van der Waals surface area contributed by atoms with E-state index in [9.17, 15) is 8.42 Å². The molecule has 0 saturated carbocycles. The fourth-order valence-corrected chi connectivity index (χ4v) is 3.81. The number of aromatic nitrogens is 1. The topological polar surface area (TPSA) is 76.3 Å². The van der Waals surface area contributed by atoms with Crippen molar-refractivity contribution in [3.8, 4) is 0 Å². The van der Waals surface area contributed by atoms with Gasteiger partial charge in [-0.25, -0.2) is 13.4 Å². The Morgan fingerprint density at radius 1 is 1.45 bits per heavy atom. The Hall–Kier alpha value is -1.15. The number of nitrogens with zero attached hydrogens (tertiary/aromatic N) is 2. The summed E-state index contributed by atoms with van der Waals surface area (Å²) in [7, 11) is -2.20. The summed E-state index contributed by atoms with van der Waals surface area (Å²) in [6.07, 6.45) is 0. The number of anilines is 1. The van der Waals surface area contributed by atoms with Crippen molar-refractivity contribution < 1.29 is 8.42 Å². The Kier molecular flexibility index (Phi) is 4.33. The van der Waals surface area contributed by atoms with Gasteiger partial charge in [-0.05, 0) is 25.1 Å². The van der Waals surface area contributed by atoms with Crippen LogP contribution in [0.15, 0.2) is 28.5 Å². The summed E-state index contributed by atoms with van der Waals surface area (Å²) < 4.78 is 26.2. The second-order valence-corrected chi connectivity index (χ2v) is 7.81. The molecule has 20 heavy (non-hydrogen) atoms. The van der Waals surface area contributed by atoms with Gasteiger partial charge in [-0.2, -0.15) is 4.31 Å². The third kappa shape index (κ3) is 3.12. The van der Waals surface area contributed by atoms with E-state index >= 15 is 0 Å². The number of aryl methyl sites for hydroxylation is 1. The van der Waals surface area contributed by atoms with Crippen LogP contribution in [-0.2, 0) is 16.6 Å². The highest BCUT2D eigenvalue weighted by atomic mass is 35.5. The van der Waals surface area contributed by atoms with E-state index in [1.807, 2.05) is 12.3 Å². The smallest absolute Gasteiger partial charge is 0.245 e. The normalized spacial score (nSPS) is 12.0. The average Bonchev–Trinajstić information content (AvgIpc) is 2.77. The number of nitrogen functional groups attached to an aromatic ring is 1. The quantitative estimate of drug-likeness (QED) is 0.873. The van der Waals surface area contributed by atoms with Gasteiger partial charge in [0.2, 0.25) is 10.0 Å². The molecule has 5 nitrogen and oxygen atoms in total. The molecule has 0 aliphatic rings. The first-order valence-corrected chi connectivity index (χ1v) is 8.43. The zero-order valence-corrected chi connectivity index (χ0v) is 13.4. The van der Waals surface area contributed by atoms with Gasteiger partial charge in [0.05, 0.1) is 22.9 Å². The van der Waals surface area contributed by atoms with E-state index in [0.29, 0.717) is 10.7 Å². The molecule has 2 N–H and O–H groups in total. The van der Waals surface area contributed by atoms with Crippen molar-refractivity contribution in [2.45, 2.75) is 18.4 Å². The van der Waals surface area contributed by atoms with Crippen LogP contribution in [-0.4, -0.2) is 24.8 Å². The number of sulfonamides is 1. The van der Waals surface area contributed by atoms with E-state index < -0.39 is 10.0 Å². The van der Waals surface area contributed by atoms with Gasteiger partial charge in [0.1, 0.15) is 4.90 Å². The molecule has 0 saturated heterocycles. The number of rotatable bonds is 4. The molecule has 108 valence electrons. The van der Waals surface area contributed by atoms with Crippen molar-refractivity contribution in [3.63, 3.8) is 0 Å². The number of nitrogens with two attached hydrogens (primary N) is 1. The monoisotopic (exact) mass is 331 g/mol. The minimum absolute atomic E-state index is 0.0134. The summed E-state index contributed by atoms with van der Waals surface area (Å²) in [5.74, 6) is 0. The van der Waals surface area contributed by atoms with E-state index in [0.717, 1.165) is 5.01 Å². The molecule has 1 heterocycles. The van der Waals surface area contributed by atoms with Gasteiger partial charge >= 0.3 is 0 Å². The molecule has 1 aromatic carbocycles. The van der Waals surface area contributed by atoms with E-state index in [-0.39, 0.29) is 17.1 Å². The summed E-state index contributed by atoms with van der Waals surface area (Å²) in [5, 5.41) is 3.06. The SMILES string of the molecule is Cc1nc(CN(C)S(=O)(=O)c2cc(Cl)ccc2N)cs1. The van der Waals surface area contributed by atoms with E-state index in [1.54, 1.807) is 6.07 Å². The van der Waals surface area contributed by atoms with Crippen LogP contribution < -0.4 is 5.73 Å². The fraction of sp³-hybridized carbons (Fsp3) is 0.250. The minimum atomic E-state index is -3.69. The van der Waals surface area contributed by atoms with Gasteiger partial charge in [-0.15, -0.1) is 11.3 Å². The van der Waals surface area contributed by atoms with Gasteiger partial charge < -0.3 is 5.73 Å². The Bertz CT molecular complexity index is 728. The fourth-order valence-electron chi connectivity index (χ4n) is 1.69. The standard InChI is InChI=1S/C12H14ClN3O2S2/c1-8-15-10(7-19-8)6-16(2)20(17,18)12-5-9(13)3-4-11(12)14/h3-5,7H,6,14H2,1-2H3. The van der Waals surface area contributed by atoms with Crippen LogP contribution in [0.4, 0.5) is 5.69 Å². The molecule has 0 atom stereocenters. The molecular formula is C12H14ClN3O2S2. The lowest BCUT2D eigenvalue weighted by molar-refractivity contribution is 0.463. The summed E-state index contributed by atoms with van der Waals surface area (Å²) in [6, 6.07) is 4.39. The number of hydrogen-bond donors (Lipinski definition) is 1. The van der Waals surface area contributed by atoms with Crippen LogP contribution >= 0.6 is 22.9 Å². The van der Waals surface area contributed by atoms with Gasteiger partial charge in [-0.3, -0.25) is 0 Å². The Morgan fingerprint density at radius 3 is 2.75 bits per heavy atom. The predicted octanol–water partition coefficient (Wildman–Crippen LogP) is 2.51. The highest BCUT2D eigenvalue weighted by Gasteiger charge is 2.24. The van der Waals surface area contributed by atoms with Crippen molar-refractivity contribution in [1.82, 2.24) is 9.29 Å². The van der Waals surface area contributed by atoms with Crippen molar-refractivity contribution in [2.75, 3.05) is 12.8 Å². The van der Waals surface area contributed by atoms with Crippen molar-refractivity contribution in [2.24, 2.45) is 0 Å². The first-order chi connectivity index (χ1) is 9.30. The zero-order chi connectivity index (χ0) is 14.9. The highest BCUT2D eigenvalue weighted by molar-refractivity contribution is 7.89. The molecule has 0 aliphatic heterocycles. The first kappa shape index (κ1) is 15.2. The van der Waals surface area contributed by atoms with Crippen molar-refractivity contribution >= 4 is 38.6 Å². The maximum Gasteiger partial charge on any atom is 0.245 e. The van der Waals surface area contributed by atoms with Crippen LogP contribution in [0, 0.1) is 6.92 Å². The first-order valence-electron chi connectivity index (χ1n) is 5.73. The van der Waals surface area contributed by atoms with Crippen LogP contribution in [0.2, 0.25) is 5.02 Å². The molecule has 0 spiro atoms. The largest absolute Gasteiger partial charge is 0.398 e. The lowest BCUT2D eigenvalue weighted by Crippen LogP contribution is -2.27. The van der Waals surface area contributed by atoms with Gasteiger partial charge in [0.15, 0.2) is 0 Å². The Balaban J connectivity index is 2.32. The molecular weight excluding hydrogens is 318 g/mol. The maximum atomic E-state index is 12.5. The molecule has 0 fully saturated rings. The molecule has 0 bridgehead atoms. The second kappa shape index (κ2) is 5.69. The second-order valence-electron chi connectivity index (χ2n) is 4.30. The molecule has 0 radical (unpaired) electrons. The van der Waals surface area contributed by atoms with Crippen LogP contribution in [0.5, 0.6) is 0 Å². The lowest BCUT2D eigenvalue weighted by Gasteiger charge is -2.17. The van der Waals surface area contributed by atoms with Crippen LogP contribution in [0.25, 0.3) is 0 Å². The number of halogens is 1. The summed E-state index contributed by atoms with van der Waals surface area (Å²) in [6.45, 7) is 2.07. The van der Waals surface area contributed by atoms with E-state index in [2.05, 4.69) is 4.98 Å². The van der Waals surface area contributed by atoms with Crippen molar-refractivity contribution in [3.05, 3.63) is 39.3 Å².